The number of benzene rings is 3. The molecule has 0 saturated heterocycles. The molecule has 0 radical (unpaired) electrons. The van der Waals surface area contributed by atoms with Crippen LogP contribution in [0.15, 0.2) is 85.2 Å². The molecule has 1 aromatic heterocycles. The second-order valence-corrected chi connectivity index (χ2v) is 13.2. The van der Waals surface area contributed by atoms with E-state index in [-0.39, 0.29) is 36.0 Å². The van der Waals surface area contributed by atoms with Gasteiger partial charge in [-0.1, -0.05) is 137 Å². The van der Waals surface area contributed by atoms with E-state index >= 15 is 0 Å². The molecule has 4 aromatic rings. The minimum atomic E-state index is -0.541. The Kier molecular flexibility index (Phi) is 27.1. The van der Waals surface area contributed by atoms with Crippen molar-refractivity contribution in [2.24, 2.45) is 0 Å². The number of esters is 1. The number of hydrogen-bond acceptors (Lipinski definition) is 8. The van der Waals surface area contributed by atoms with Crippen LogP contribution in [0.3, 0.4) is 0 Å². The molecule has 55 heavy (non-hydrogen) atoms. The number of aromatic hydroxyl groups is 1. The molecule has 0 bridgehead atoms. The Balaban J connectivity index is 0. The molecular weight excluding hydrogens is 689 g/mol. The molecule has 1 amide bonds. The molecule has 0 fully saturated rings. The van der Waals surface area contributed by atoms with Gasteiger partial charge in [-0.25, -0.2) is 9.97 Å². The van der Waals surface area contributed by atoms with Crippen molar-refractivity contribution >= 4 is 18.2 Å². The van der Waals surface area contributed by atoms with E-state index < -0.39 is 11.6 Å². The van der Waals surface area contributed by atoms with Crippen molar-refractivity contribution in [2.75, 3.05) is 13.6 Å². The molecule has 1 atom stereocenters. The minimum absolute atomic E-state index is 0.125. The molecule has 9 nitrogen and oxygen atoms in total. The summed E-state index contributed by atoms with van der Waals surface area (Å²) in [5.74, 6) is 0.301. The van der Waals surface area contributed by atoms with Gasteiger partial charge in [-0.2, -0.15) is 0 Å². The number of aldehydes is 1. The van der Waals surface area contributed by atoms with E-state index in [4.69, 9.17) is 4.74 Å². The number of carbonyl (C=O) groups excluding carboxylic acids is 3. The van der Waals surface area contributed by atoms with E-state index in [9.17, 15) is 19.5 Å². The van der Waals surface area contributed by atoms with E-state index in [1.165, 1.54) is 5.56 Å². The molecule has 0 spiro atoms. The zero-order valence-corrected chi connectivity index (χ0v) is 36.3. The molecular formula is C46H70N4O5. The number of hydrogen-bond donors (Lipinski definition) is 3. The molecule has 304 valence electrons. The molecule has 1 heterocycles. The number of phenols is 1. The number of phenolic OH excluding ortho intramolecular Hbond substituents is 1. The monoisotopic (exact) mass is 759 g/mol. The first-order valence-corrected chi connectivity index (χ1v) is 19.6. The van der Waals surface area contributed by atoms with E-state index in [0.29, 0.717) is 12.2 Å². The van der Waals surface area contributed by atoms with Crippen LogP contribution >= 0.6 is 0 Å². The van der Waals surface area contributed by atoms with Crippen LogP contribution in [0.2, 0.25) is 0 Å². The van der Waals surface area contributed by atoms with Crippen LogP contribution in [0.4, 0.5) is 0 Å². The highest BCUT2D eigenvalue weighted by atomic mass is 16.6. The fourth-order valence-electron chi connectivity index (χ4n) is 4.50. The smallest absolute Gasteiger partial charge is 0.308 e. The average molecular weight is 759 g/mol. The van der Waals surface area contributed by atoms with Gasteiger partial charge in [-0.15, -0.1) is 0 Å². The Morgan fingerprint density at radius 2 is 1.22 bits per heavy atom. The summed E-state index contributed by atoms with van der Waals surface area (Å²) < 4.78 is 5.26. The first-order chi connectivity index (χ1) is 26.2. The van der Waals surface area contributed by atoms with Crippen LogP contribution in [0, 0.1) is 0 Å². The lowest BCUT2D eigenvalue weighted by molar-refractivity contribution is -0.154. The molecule has 3 N–H and O–H groups in total. The fourth-order valence-corrected chi connectivity index (χ4v) is 4.50. The highest BCUT2D eigenvalue weighted by molar-refractivity contribution is 5.82. The van der Waals surface area contributed by atoms with Gasteiger partial charge in [-0.3, -0.25) is 14.4 Å². The zero-order valence-electron chi connectivity index (χ0n) is 36.3. The molecule has 9 heteroatoms. The maximum Gasteiger partial charge on any atom is 0.308 e. The molecule has 4 rings (SSSR count). The van der Waals surface area contributed by atoms with E-state index in [0.717, 1.165) is 34.1 Å². The Labute approximate surface area is 332 Å². The average Bonchev–Trinajstić information content (AvgIpc) is 3.20. The molecule has 0 aliphatic heterocycles. The summed E-state index contributed by atoms with van der Waals surface area (Å²) in [7, 11) is 1.73. The quantitative estimate of drug-likeness (QED) is 0.108. The van der Waals surface area contributed by atoms with Crippen LogP contribution in [0.25, 0.3) is 22.5 Å². The predicted octanol–water partition coefficient (Wildman–Crippen LogP) is 10.4. The van der Waals surface area contributed by atoms with Crippen molar-refractivity contribution < 1.29 is 24.2 Å². The standard InChI is InChI=1S/C27H32N4O4.C11H14O.4C2H6/c1-27(2,3)35-24(33)13-14-29-26(34)23(28-4)15-18-5-7-20(8-6-18)25-30-16-21(17-31-25)19-9-11-22(32)12-10-19;1-11(2,3)10-6-4-9(8-12)5-7-10;4*1-2/h5-12,16-17,23,28,32H,13-15H2,1-4H3,(H,29,34);4-8H,1-3H3;4*1-2H3. The van der Waals surface area contributed by atoms with Gasteiger partial charge < -0.3 is 20.5 Å². The van der Waals surface area contributed by atoms with Crippen molar-refractivity contribution in [1.29, 1.82) is 0 Å². The Hall–Kier alpha value is -4.89. The summed E-state index contributed by atoms with van der Waals surface area (Å²) in [6.07, 6.45) is 4.99. The van der Waals surface area contributed by atoms with Crippen molar-refractivity contribution in [3.8, 4) is 28.3 Å². The second-order valence-electron chi connectivity index (χ2n) is 13.2. The van der Waals surface area contributed by atoms with Gasteiger partial charge in [-0.05, 0) is 68.5 Å². The zero-order chi connectivity index (χ0) is 42.6. The Bertz CT molecular complexity index is 1590. The van der Waals surface area contributed by atoms with Crippen molar-refractivity contribution in [1.82, 2.24) is 20.6 Å². The number of likely N-dealkylation sites (N-methyl/N-ethyl adjacent to an activating group) is 1. The number of aromatic nitrogens is 2. The largest absolute Gasteiger partial charge is 0.508 e. The summed E-state index contributed by atoms with van der Waals surface area (Å²) >= 11 is 0. The van der Waals surface area contributed by atoms with Crippen LogP contribution in [0.5, 0.6) is 5.75 Å². The maximum atomic E-state index is 12.5. The molecule has 3 aromatic carbocycles. The SMILES string of the molecule is CC.CC.CC.CC.CC(C)(C)c1ccc(C=O)cc1.CNC(Cc1ccc(-c2ncc(-c3ccc(O)cc3)cn2)cc1)C(=O)NCCC(=O)OC(C)(C)C. The summed E-state index contributed by atoms with van der Waals surface area (Å²) in [5, 5.41) is 15.3. The first kappa shape index (κ1) is 52.2. The summed E-state index contributed by atoms with van der Waals surface area (Å²) in [5.41, 5.74) is 5.26. The first-order valence-electron chi connectivity index (χ1n) is 19.6. The molecule has 1 unspecified atom stereocenters. The number of carbonyl (C=O) groups is 3. The lowest BCUT2D eigenvalue weighted by Crippen LogP contribution is -2.44. The van der Waals surface area contributed by atoms with Gasteiger partial charge >= 0.3 is 5.97 Å². The van der Waals surface area contributed by atoms with E-state index in [2.05, 4.69) is 41.4 Å². The number of ether oxygens (including phenoxy) is 1. The third-order valence-electron chi connectivity index (χ3n) is 7.13. The lowest BCUT2D eigenvalue weighted by atomic mass is 9.87. The Morgan fingerprint density at radius 1 is 0.727 bits per heavy atom. The summed E-state index contributed by atoms with van der Waals surface area (Å²) in [6.45, 7) is 28.1. The topological polar surface area (TPSA) is 131 Å². The molecule has 0 aliphatic rings. The van der Waals surface area contributed by atoms with E-state index in [1.807, 2.05) is 137 Å². The van der Waals surface area contributed by atoms with Gasteiger partial charge in [0.05, 0.1) is 12.5 Å². The summed E-state index contributed by atoms with van der Waals surface area (Å²) in [4.78, 5) is 43.7. The third kappa shape index (κ3) is 21.0. The van der Waals surface area contributed by atoms with Gasteiger partial charge in [0.15, 0.2) is 5.82 Å². The van der Waals surface area contributed by atoms with Gasteiger partial charge in [0.2, 0.25) is 5.91 Å². The lowest BCUT2D eigenvalue weighted by Gasteiger charge is -2.20. The normalized spacial score (nSPS) is 10.6. The number of amides is 1. The number of nitrogens with zero attached hydrogens (tertiary/aromatic N) is 2. The summed E-state index contributed by atoms with van der Waals surface area (Å²) in [6, 6.07) is 21.9. The Morgan fingerprint density at radius 3 is 1.65 bits per heavy atom. The maximum absolute atomic E-state index is 12.5. The van der Waals surface area contributed by atoms with Crippen LogP contribution in [-0.2, 0) is 26.2 Å². The number of nitrogens with one attached hydrogen (secondary N) is 2. The van der Waals surface area contributed by atoms with Gasteiger partial charge in [0.1, 0.15) is 17.6 Å². The van der Waals surface area contributed by atoms with Crippen molar-refractivity contribution in [3.05, 3.63) is 102 Å². The number of rotatable bonds is 10. The van der Waals surface area contributed by atoms with Gasteiger partial charge in [0.25, 0.3) is 0 Å². The highest BCUT2D eigenvalue weighted by Gasteiger charge is 2.19. The predicted molar refractivity (Wildman–Crippen MR) is 231 cm³/mol. The van der Waals surface area contributed by atoms with E-state index in [1.54, 1.807) is 31.6 Å². The second kappa shape index (κ2) is 28.5. The van der Waals surface area contributed by atoms with Gasteiger partial charge in [0, 0.05) is 35.6 Å². The van der Waals surface area contributed by atoms with Crippen LogP contribution in [0.1, 0.15) is 125 Å². The van der Waals surface area contributed by atoms with Crippen LogP contribution < -0.4 is 10.6 Å². The highest BCUT2D eigenvalue weighted by Crippen LogP contribution is 2.23. The van der Waals surface area contributed by atoms with Crippen LogP contribution in [-0.4, -0.2) is 58.5 Å². The fraction of sp³-hybridized carbons (Fsp3) is 0.457. The van der Waals surface area contributed by atoms with Crippen molar-refractivity contribution in [3.63, 3.8) is 0 Å². The van der Waals surface area contributed by atoms with Crippen molar-refractivity contribution in [2.45, 2.75) is 127 Å². The third-order valence-corrected chi connectivity index (χ3v) is 7.13. The molecule has 0 aliphatic carbocycles. The minimum Gasteiger partial charge on any atom is -0.508 e. The molecule has 0 saturated carbocycles.